The largest absolute Gasteiger partial charge is 0.380 e. The number of fused-ring (bicyclic) bond motifs is 1. The Morgan fingerprint density at radius 1 is 1.22 bits per heavy atom. The van der Waals surface area contributed by atoms with Crippen LogP contribution in [0, 0.1) is 11.8 Å². The summed E-state index contributed by atoms with van der Waals surface area (Å²) in [6, 6.07) is 0. The highest BCUT2D eigenvalue weighted by molar-refractivity contribution is 8.01. The lowest BCUT2D eigenvalue weighted by atomic mass is 9.86. The Labute approximate surface area is 146 Å². The summed E-state index contributed by atoms with van der Waals surface area (Å²) < 4.78 is 0. The highest BCUT2D eigenvalue weighted by Gasteiger charge is 2.49. The molecular formula is C20H34O2S. The second-order valence-electron chi connectivity index (χ2n) is 7.39. The van der Waals surface area contributed by atoms with Crippen LogP contribution in [0.25, 0.3) is 0 Å². The van der Waals surface area contributed by atoms with E-state index >= 15 is 0 Å². The van der Waals surface area contributed by atoms with E-state index in [4.69, 9.17) is 0 Å². The van der Waals surface area contributed by atoms with Gasteiger partial charge in [0.25, 0.3) is 0 Å². The lowest BCUT2D eigenvalue weighted by molar-refractivity contribution is -0.121. The first-order valence-corrected chi connectivity index (χ1v) is 10.6. The van der Waals surface area contributed by atoms with E-state index in [2.05, 4.69) is 26.0 Å². The van der Waals surface area contributed by atoms with E-state index in [1.807, 2.05) is 0 Å². The molecule has 0 radical (unpaired) electrons. The van der Waals surface area contributed by atoms with E-state index < -0.39 is 4.93 Å². The number of rotatable bonds is 9. The molecule has 0 aromatic heterocycles. The van der Waals surface area contributed by atoms with Crippen LogP contribution in [0.2, 0.25) is 0 Å². The molecule has 0 bridgehead atoms. The molecular weight excluding hydrogens is 304 g/mol. The molecule has 1 aliphatic heterocycles. The standard InChI is InChI=1S/C20H34O2S/c1-3-5-7-8-9-11-16-17-12-14-20(22,13-10-6-4-2)23-19(17)15-18(16)21/h8-9,16-17,19,22H,3-7,10-15H2,1-2H3/b9-8-/t16?,17-,19-,20?/m1/s1. The minimum Gasteiger partial charge on any atom is -0.380 e. The predicted octanol–water partition coefficient (Wildman–Crippen LogP) is 5.49. The van der Waals surface area contributed by atoms with Crippen molar-refractivity contribution in [1.29, 1.82) is 0 Å². The molecule has 132 valence electrons. The molecule has 2 nitrogen and oxygen atoms in total. The summed E-state index contributed by atoms with van der Waals surface area (Å²) in [6.45, 7) is 4.40. The summed E-state index contributed by atoms with van der Waals surface area (Å²) in [4.78, 5) is 11.8. The second kappa shape index (κ2) is 9.27. The summed E-state index contributed by atoms with van der Waals surface area (Å²) in [5.74, 6) is 1.14. The first kappa shape index (κ1) is 19.1. The van der Waals surface area contributed by atoms with Crippen LogP contribution in [0.5, 0.6) is 0 Å². The van der Waals surface area contributed by atoms with E-state index in [9.17, 15) is 9.90 Å². The fourth-order valence-corrected chi connectivity index (χ4v) is 5.88. The Kier molecular flexibility index (Phi) is 7.68. The van der Waals surface area contributed by atoms with Crippen molar-refractivity contribution in [3.63, 3.8) is 0 Å². The van der Waals surface area contributed by atoms with Crippen LogP contribution in [0.3, 0.4) is 0 Å². The van der Waals surface area contributed by atoms with Gasteiger partial charge in [0, 0.05) is 17.6 Å². The van der Waals surface area contributed by atoms with Gasteiger partial charge in [-0.05, 0) is 44.4 Å². The SMILES string of the molecule is CCCC/C=C\CC1C(=O)C[C@H]2SC(O)(CCCCC)CC[C@H]12. The zero-order valence-corrected chi connectivity index (χ0v) is 15.7. The number of hydrogen-bond acceptors (Lipinski definition) is 3. The molecule has 4 atom stereocenters. The van der Waals surface area contributed by atoms with Gasteiger partial charge >= 0.3 is 0 Å². The van der Waals surface area contributed by atoms with Gasteiger partial charge in [0.1, 0.15) is 10.7 Å². The zero-order valence-electron chi connectivity index (χ0n) is 14.9. The molecule has 1 aliphatic carbocycles. The van der Waals surface area contributed by atoms with E-state index in [-0.39, 0.29) is 5.92 Å². The van der Waals surface area contributed by atoms with Crippen molar-refractivity contribution >= 4 is 17.5 Å². The molecule has 2 fully saturated rings. The normalized spacial score (nSPS) is 34.2. The number of carbonyl (C=O) groups excluding carboxylic acids is 1. The molecule has 0 aromatic rings. The Morgan fingerprint density at radius 2 is 2.00 bits per heavy atom. The maximum Gasteiger partial charge on any atom is 0.137 e. The van der Waals surface area contributed by atoms with Gasteiger partial charge in [0.15, 0.2) is 0 Å². The van der Waals surface area contributed by atoms with E-state index in [1.54, 1.807) is 11.8 Å². The number of Topliss-reactive ketones (excluding diaryl/α,β-unsaturated/α-hetero) is 1. The molecule has 2 rings (SSSR count). The molecule has 23 heavy (non-hydrogen) atoms. The van der Waals surface area contributed by atoms with E-state index in [1.165, 1.54) is 25.7 Å². The number of carbonyl (C=O) groups is 1. The average molecular weight is 339 g/mol. The zero-order chi connectivity index (χ0) is 16.7. The molecule has 2 aliphatic rings. The molecule has 0 aromatic carbocycles. The number of thioether (sulfide) groups is 1. The molecule has 1 heterocycles. The molecule has 0 amide bonds. The molecule has 1 saturated carbocycles. The van der Waals surface area contributed by atoms with Crippen molar-refractivity contribution in [2.24, 2.45) is 11.8 Å². The van der Waals surface area contributed by atoms with Gasteiger partial charge < -0.3 is 5.11 Å². The third kappa shape index (κ3) is 5.35. The lowest BCUT2D eigenvalue weighted by Crippen LogP contribution is -2.36. The van der Waals surface area contributed by atoms with Gasteiger partial charge in [-0.2, -0.15) is 0 Å². The quantitative estimate of drug-likeness (QED) is 0.446. The van der Waals surface area contributed by atoms with Crippen LogP contribution in [-0.4, -0.2) is 21.1 Å². The van der Waals surface area contributed by atoms with Crippen molar-refractivity contribution in [3.05, 3.63) is 12.2 Å². The molecule has 0 spiro atoms. The van der Waals surface area contributed by atoms with Crippen molar-refractivity contribution < 1.29 is 9.90 Å². The topological polar surface area (TPSA) is 37.3 Å². The molecule has 2 unspecified atom stereocenters. The Bertz CT molecular complexity index is 406. The van der Waals surface area contributed by atoms with E-state index in [0.717, 1.165) is 38.5 Å². The van der Waals surface area contributed by atoms with Crippen LogP contribution in [0.1, 0.15) is 84.5 Å². The first-order chi connectivity index (χ1) is 11.1. The summed E-state index contributed by atoms with van der Waals surface area (Å²) in [6.07, 6.45) is 16.0. The lowest BCUT2D eigenvalue weighted by Gasteiger charge is -2.39. The second-order valence-corrected chi connectivity index (χ2v) is 8.99. The highest BCUT2D eigenvalue weighted by atomic mass is 32.2. The third-order valence-corrected chi connectivity index (χ3v) is 7.17. The van der Waals surface area contributed by atoms with Crippen LogP contribution in [0.15, 0.2) is 12.2 Å². The van der Waals surface area contributed by atoms with Crippen LogP contribution < -0.4 is 0 Å². The fraction of sp³-hybridized carbons (Fsp3) is 0.850. The van der Waals surface area contributed by atoms with Crippen LogP contribution in [0.4, 0.5) is 0 Å². The number of allylic oxidation sites excluding steroid dienone is 2. The fourth-order valence-electron chi connectivity index (χ4n) is 4.07. The smallest absolute Gasteiger partial charge is 0.137 e. The van der Waals surface area contributed by atoms with Gasteiger partial charge in [-0.3, -0.25) is 4.79 Å². The third-order valence-electron chi connectivity index (χ3n) is 5.50. The predicted molar refractivity (Wildman–Crippen MR) is 99.6 cm³/mol. The Balaban J connectivity index is 1.85. The van der Waals surface area contributed by atoms with Crippen molar-refractivity contribution in [2.75, 3.05) is 0 Å². The summed E-state index contributed by atoms with van der Waals surface area (Å²) in [5.41, 5.74) is 0. The maximum atomic E-state index is 12.4. The highest BCUT2D eigenvalue weighted by Crippen LogP contribution is 2.52. The minimum absolute atomic E-state index is 0.213. The van der Waals surface area contributed by atoms with Gasteiger partial charge in [0.05, 0.1) is 0 Å². The van der Waals surface area contributed by atoms with Crippen LogP contribution in [-0.2, 0) is 4.79 Å². The average Bonchev–Trinajstić information content (AvgIpc) is 2.82. The molecule has 1 N–H and O–H groups in total. The number of unbranched alkanes of at least 4 members (excludes halogenated alkanes) is 4. The van der Waals surface area contributed by atoms with Gasteiger partial charge in [-0.25, -0.2) is 0 Å². The molecule has 1 saturated heterocycles. The molecule has 3 heteroatoms. The Hall–Kier alpha value is -0.280. The van der Waals surface area contributed by atoms with Crippen LogP contribution >= 0.6 is 11.8 Å². The number of hydrogen-bond donors (Lipinski definition) is 1. The van der Waals surface area contributed by atoms with Gasteiger partial charge in [0.2, 0.25) is 0 Å². The number of aliphatic hydroxyl groups is 1. The Morgan fingerprint density at radius 3 is 2.74 bits per heavy atom. The van der Waals surface area contributed by atoms with Gasteiger partial charge in [-0.15, -0.1) is 11.8 Å². The van der Waals surface area contributed by atoms with Crippen molar-refractivity contribution in [3.8, 4) is 0 Å². The monoisotopic (exact) mass is 338 g/mol. The summed E-state index contributed by atoms with van der Waals surface area (Å²) in [5, 5.41) is 11.2. The summed E-state index contributed by atoms with van der Waals surface area (Å²) in [7, 11) is 0. The summed E-state index contributed by atoms with van der Waals surface area (Å²) >= 11 is 1.72. The minimum atomic E-state index is -0.567. The van der Waals surface area contributed by atoms with Crippen molar-refractivity contribution in [2.45, 2.75) is 94.7 Å². The first-order valence-electron chi connectivity index (χ1n) is 9.67. The van der Waals surface area contributed by atoms with Crippen molar-refractivity contribution in [1.82, 2.24) is 0 Å². The van der Waals surface area contributed by atoms with E-state index in [0.29, 0.717) is 23.4 Å². The number of ketones is 1. The maximum absolute atomic E-state index is 12.4. The van der Waals surface area contributed by atoms with Gasteiger partial charge in [-0.1, -0.05) is 51.7 Å².